The van der Waals surface area contributed by atoms with Crippen molar-refractivity contribution in [1.29, 1.82) is 0 Å². The minimum absolute atomic E-state index is 0.0158. The molecule has 0 saturated carbocycles. The molecule has 3 rings (SSSR count). The van der Waals surface area contributed by atoms with Gasteiger partial charge < -0.3 is 15.5 Å². The molecule has 1 aliphatic rings. The van der Waals surface area contributed by atoms with E-state index in [2.05, 4.69) is 10.6 Å². The van der Waals surface area contributed by atoms with Gasteiger partial charge in [0, 0.05) is 35.4 Å². The van der Waals surface area contributed by atoms with Crippen molar-refractivity contribution in [1.82, 2.24) is 5.32 Å². The molecule has 0 aliphatic carbocycles. The van der Waals surface area contributed by atoms with Crippen LogP contribution in [0.15, 0.2) is 48.5 Å². The molecule has 1 saturated heterocycles. The van der Waals surface area contributed by atoms with Gasteiger partial charge in [-0.25, -0.2) is 0 Å². The van der Waals surface area contributed by atoms with Gasteiger partial charge in [0.2, 0.25) is 11.8 Å². The molecule has 6 nitrogen and oxygen atoms in total. The summed E-state index contributed by atoms with van der Waals surface area (Å²) in [6.45, 7) is 5.58. The Kier molecular flexibility index (Phi) is 6.29. The van der Waals surface area contributed by atoms with Crippen molar-refractivity contribution in [2.45, 2.75) is 38.9 Å². The monoisotopic (exact) mass is 447 g/mol. The molecule has 32 heavy (non-hydrogen) atoms. The molecular formula is C23H24F3N3O3. The SMILES string of the molecule is CC(C)(C)NC(=O)c1ccc(NC(=O)C2CC(=O)N(c3cccc(C(F)(F)F)c3)C2)cc1. The van der Waals surface area contributed by atoms with Crippen molar-refractivity contribution >= 4 is 29.1 Å². The number of alkyl halides is 3. The topological polar surface area (TPSA) is 78.5 Å². The van der Waals surface area contributed by atoms with Gasteiger partial charge in [-0.05, 0) is 63.2 Å². The van der Waals surface area contributed by atoms with Crippen LogP contribution in [0, 0.1) is 5.92 Å². The smallest absolute Gasteiger partial charge is 0.347 e. The minimum atomic E-state index is -4.52. The number of nitrogens with one attached hydrogen (secondary N) is 2. The van der Waals surface area contributed by atoms with E-state index in [1.165, 1.54) is 17.0 Å². The Balaban J connectivity index is 1.65. The second kappa shape index (κ2) is 8.64. The van der Waals surface area contributed by atoms with E-state index >= 15 is 0 Å². The van der Waals surface area contributed by atoms with Crippen molar-refractivity contribution in [2.75, 3.05) is 16.8 Å². The first kappa shape index (κ1) is 23.3. The molecule has 1 aliphatic heterocycles. The quantitative estimate of drug-likeness (QED) is 0.737. The van der Waals surface area contributed by atoms with Gasteiger partial charge in [0.15, 0.2) is 0 Å². The summed E-state index contributed by atoms with van der Waals surface area (Å²) in [5.74, 6) is -1.78. The summed E-state index contributed by atoms with van der Waals surface area (Å²) in [5, 5.41) is 5.54. The number of nitrogens with zero attached hydrogens (tertiary/aromatic N) is 1. The standard InChI is InChI=1S/C23H24F3N3O3/c1-22(2,3)28-21(32)14-7-9-17(10-8-14)27-20(31)15-11-19(30)29(13-15)18-6-4-5-16(12-18)23(24,25)26/h4-10,12,15H,11,13H2,1-3H3,(H,27,31)(H,28,32). The molecule has 1 fully saturated rings. The van der Waals surface area contributed by atoms with E-state index in [4.69, 9.17) is 0 Å². The van der Waals surface area contributed by atoms with Gasteiger partial charge in [-0.2, -0.15) is 13.2 Å². The molecule has 0 radical (unpaired) electrons. The fourth-order valence-corrected chi connectivity index (χ4v) is 3.34. The highest BCUT2D eigenvalue weighted by molar-refractivity contribution is 6.03. The molecule has 1 unspecified atom stereocenters. The number of anilines is 2. The molecule has 0 bridgehead atoms. The van der Waals surface area contributed by atoms with Crippen LogP contribution >= 0.6 is 0 Å². The van der Waals surface area contributed by atoms with Gasteiger partial charge in [-0.3, -0.25) is 14.4 Å². The Morgan fingerprint density at radius 3 is 2.28 bits per heavy atom. The highest BCUT2D eigenvalue weighted by Crippen LogP contribution is 2.33. The lowest BCUT2D eigenvalue weighted by molar-refractivity contribution is -0.137. The Hall–Kier alpha value is -3.36. The Morgan fingerprint density at radius 1 is 1.03 bits per heavy atom. The molecular weight excluding hydrogens is 423 g/mol. The van der Waals surface area contributed by atoms with Gasteiger partial charge in [-0.1, -0.05) is 6.07 Å². The van der Waals surface area contributed by atoms with E-state index in [0.29, 0.717) is 11.3 Å². The first-order valence-electron chi connectivity index (χ1n) is 10.0. The average molecular weight is 447 g/mol. The lowest BCUT2D eigenvalue weighted by Crippen LogP contribution is -2.40. The van der Waals surface area contributed by atoms with Gasteiger partial charge in [0.25, 0.3) is 5.91 Å². The van der Waals surface area contributed by atoms with E-state index in [9.17, 15) is 27.6 Å². The summed E-state index contributed by atoms with van der Waals surface area (Å²) in [5.41, 5.74) is -0.248. The van der Waals surface area contributed by atoms with Crippen LogP contribution in [0.3, 0.4) is 0 Å². The zero-order valence-electron chi connectivity index (χ0n) is 17.9. The predicted molar refractivity (Wildman–Crippen MR) is 114 cm³/mol. The number of halogens is 3. The minimum Gasteiger partial charge on any atom is -0.347 e. The highest BCUT2D eigenvalue weighted by atomic mass is 19.4. The summed E-state index contributed by atoms with van der Waals surface area (Å²) in [6.07, 6.45) is -4.63. The van der Waals surface area contributed by atoms with Gasteiger partial charge >= 0.3 is 6.18 Å². The molecule has 170 valence electrons. The number of hydrogen-bond donors (Lipinski definition) is 2. The van der Waals surface area contributed by atoms with Crippen molar-refractivity contribution in [3.63, 3.8) is 0 Å². The lowest BCUT2D eigenvalue weighted by atomic mass is 10.1. The number of carbonyl (C=O) groups excluding carboxylic acids is 3. The molecule has 0 spiro atoms. The molecule has 2 N–H and O–H groups in total. The van der Waals surface area contributed by atoms with Crippen LogP contribution in [0.1, 0.15) is 43.1 Å². The zero-order chi connectivity index (χ0) is 23.7. The van der Waals surface area contributed by atoms with Crippen LogP contribution in [0.2, 0.25) is 0 Å². The van der Waals surface area contributed by atoms with E-state index in [0.717, 1.165) is 12.1 Å². The zero-order valence-corrected chi connectivity index (χ0v) is 17.9. The number of hydrogen-bond acceptors (Lipinski definition) is 3. The van der Waals surface area contributed by atoms with Crippen LogP contribution in [0.25, 0.3) is 0 Å². The third-order valence-electron chi connectivity index (χ3n) is 4.88. The summed E-state index contributed by atoms with van der Waals surface area (Å²) in [6, 6.07) is 10.8. The molecule has 2 aromatic rings. The van der Waals surface area contributed by atoms with Crippen LogP contribution in [-0.4, -0.2) is 29.8 Å². The summed E-state index contributed by atoms with van der Waals surface area (Å²) < 4.78 is 38.9. The molecule has 1 atom stereocenters. The first-order valence-corrected chi connectivity index (χ1v) is 10.0. The van der Waals surface area contributed by atoms with Crippen LogP contribution in [0.4, 0.5) is 24.5 Å². The summed E-state index contributed by atoms with van der Waals surface area (Å²) >= 11 is 0. The van der Waals surface area contributed by atoms with E-state index in [1.807, 2.05) is 20.8 Å². The third kappa shape index (κ3) is 5.66. The average Bonchev–Trinajstić information content (AvgIpc) is 3.08. The maximum Gasteiger partial charge on any atom is 0.416 e. The van der Waals surface area contributed by atoms with Crippen LogP contribution in [0.5, 0.6) is 0 Å². The second-order valence-corrected chi connectivity index (χ2v) is 8.72. The molecule has 1 heterocycles. The fraction of sp³-hybridized carbons (Fsp3) is 0.348. The van der Waals surface area contributed by atoms with Gasteiger partial charge in [0.1, 0.15) is 0 Å². The van der Waals surface area contributed by atoms with Crippen LogP contribution < -0.4 is 15.5 Å². The first-order chi connectivity index (χ1) is 14.8. The van der Waals surface area contributed by atoms with Crippen molar-refractivity contribution in [3.05, 3.63) is 59.7 Å². The van der Waals surface area contributed by atoms with E-state index in [-0.39, 0.29) is 30.1 Å². The Morgan fingerprint density at radius 2 is 1.69 bits per heavy atom. The maximum atomic E-state index is 13.0. The van der Waals surface area contributed by atoms with Gasteiger partial charge in [0.05, 0.1) is 11.5 Å². The lowest BCUT2D eigenvalue weighted by Gasteiger charge is -2.20. The van der Waals surface area contributed by atoms with E-state index in [1.54, 1.807) is 24.3 Å². The number of rotatable bonds is 4. The maximum absolute atomic E-state index is 13.0. The molecule has 0 aromatic heterocycles. The normalized spacial score (nSPS) is 16.8. The number of benzene rings is 2. The Labute approximate surface area is 183 Å². The second-order valence-electron chi connectivity index (χ2n) is 8.72. The molecule has 2 aromatic carbocycles. The van der Waals surface area contributed by atoms with Gasteiger partial charge in [-0.15, -0.1) is 0 Å². The van der Waals surface area contributed by atoms with Crippen molar-refractivity contribution in [2.24, 2.45) is 5.92 Å². The molecule has 9 heteroatoms. The third-order valence-corrected chi connectivity index (χ3v) is 4.88. The van der Waals surface area contributed by atoms with Crippen LogP contribution in [-0.2, 0) is 15.8 Å². The predicted octanol–water partition coefficient (Wildman–Crippen LogP) is 4.23. The van der Waals surface area contributed by atoms with E-state index < -0.39 is 29.5 Å². The number of carbonyl (C=O) groups is 3. The molecule has 3 amide bonds. The number of amides is 3. The van der Waals surface area contributed by atoms with Crippen molar-refractivity contribution < 1.29 is 27.6 Å². The summed E-state index contributed by atoms with van der Waals surface area (Å²) in [7, 11) is 0. The highest BCUT2D eigenvalue weighted by Gasteiger charge is 2.37. The fourth-order valence-electron chi connectivity index (χ4n) is 3.34. The Bertz CT molecular complexity index is 1030. The largest absolute Gasteiger partial charge is 0.416 e. The van der Waals surface area contributed by atoms with Crippen molar-refractivity contribution in [3.8, 4) is 0 Å². The summed E-state index contributed by atoms with van der Waals surface area (Å²) in [4.78, 5) is 38.4.